The third-order valence-electron chi connectivity index (χ3n) is 3.85. The summed E-state index contributed by atoms with van der Waals surface area (Å²) in [6, 6.07) is 7.87. The number of amides is 2. The number of urea groups is 1. The van der Waals surface area contributed by atoms with Gasteiger partial charge in [-0.3, -0.25) is 0 Å². The molecule has 0 saturated heterocycles. The predicted octanol–water partition coefficient (Wildman–Crippen LogP) is 2.13. The van der Waals surface area contributed by atoms with Gasteiger partial charge in [-0.05, 0) is 44.4 Å². The van der Waals surface area contributed by atoms with Gasteiger partial charge in [0, 0.05) is 12.6 Å². The smallest absolute Gasteiger partial charge is 0.315 e. The van der Waals surface area contributed by atoms with Crippen LogP contribution in [0.5, 0.6) is 5.75 Å². The topological polar surface area (TPSA) is 81.1 Å². The average molecular weight is 331 g/mol. The van der Waals surface area contributed by atoms with Crippen LogP contribution in [0.2, 0.25) is 0 Å². The quantitative estimate of drug-likeness (QED) is 0.776. The van der Waals surface area contributed by atoms with E-state index in [0.717, 1.165) is 31.0 Å². The number of ether oxygens (including phenoxy) is 1. The van der Waals surface area contributed by atoms with Gasteiger partial charge >= 0.3 is 6.03 Å². The lowest BCUT2D eigenvalue weighted by Crippen LogP contribution is -2.41. The number of carbonyl (C=O) groups is 1. The normalized spacial score (nSPS) is 11.8. The third kappa shape index (κ3) is 5.26. The minimum atomic E-state index is -0.192. The molecule has 0 saturated carbocycles. The Morgan fingerprint density at radius 2 is 2.08 bits per heavy atom. The molecule has 1 aromatic carbocycles. The fraction of sp³-hybridized carbons (Fsp3) is 0.471. The molecule has 1 aromatic heterocycles. The van der Waals surface area contributed by atoms with E-state index in [-0.39, 0.29) is 12.1 Å². The van der Waals surface area contributed by atoms with E-state index in [9.17, 15) is 4.79 Å². The molecule has 2 N–H and O–H groups in total. The Labute approximate surface area is 142 Å². The van der Waals surface area contributed by atoms with E-state index >= 15 is 0 Å². The molecule has 0 radical (unpaired) electrons. The number of carbonyl (C=O) groups excluding carboxylic acids is 1. The zero-order chi connectivity index (χ0) is 17.4. The first-order chi connectivity index (χ1) is 11.6. The number of benzene rings is 1. The molecule has 7 heteroatoms. The molecule has 2 aromatic rings. The molecular weight excluding hydrogens is 306 g/mol. The van der Waals surface area contributed by atoms with Gasteiger partial charge in [-0.2, -0.15) is 0 Å². The molecule has 2 rings (SSSR count). The van der Waals surface area contributed by atoms with Crippen LogP contribution in [0.15, 0.2) is 30.6 Å². The molecule has 0 bridgehead atoms. The van der Waals surface area contributed by atoms with Gasteiger partial charge in [0.25, 0.3) is 0 Å². The van der Waals surface area contributed by atoms with Gasteiger partial charge < -0.3 is 19.9 Å². The highest BCUT2D eigenvalue weighted by Gasteiger charge is 2.09. The summed E-state index contributed by atoms with van der Waals surface area (Å²) in [5, 5.41) is 13.6. The van der Waals surface area contributed by atoms with Crippen molar-refractivity contribution in [2.75, 3.05) is 7.11 Å². The largest absolute Gasteiger partial charge is 0.497 e. The second kappa shape index (κ2) is 8.90. The van der Waals surface area contributed by atoms with Crippen molar-refractivity contribution in [2.24, 2.45) is 0 Å². The van der Waals surface area contributed by atoms with Gasteiger partial charge in [-0.1, -0.05) is 12.1 Å². The Kier molecular flexibility index (Phi) is 6.60. The molecular formula is C17H25N5O2. The van der Waals surface area contributed by atoms with E-state index in [4.69, 9.17) is 4.74 Å². The minimum Gasteiger partial charge on any atom is -0.497 e. The van der Waals surface area contributed by atoms with Gasteiger partial charge in [0.2, 0.25) is 0 Å². The standard InChI is InChI=1S/C17H25N5O2/c1-4-22-12-19-21-16(22)11-18-17(23)20-13(2)5-6-14-7-9-15(24-3)10-8-14/h7-10,12-13H,4-6,11H2,1-3H3,(H2,18,20,23)/t13-/m0/s1. The lowest BCUT2D eigenvalue weighted by Gasteiger charge is -2.15. The van der Waals surface area contributed by atoms with Crippen molar-refractivity contribution in [3.8, 4) is 5.75 Å². The predicted molar refractivity (Wildman–Crippen MR) is 91.8 cm³/mol. The van der Waals surface area contributed by atoms with Crippen LogP contribution >= 0.6 is 0 Å². The van der Waals surface area contributed by atoms with Crippen molar-refractivity contribution in [1.82, 2.24) is 25.4 Å². The number of aryl methyl sites for hydroxylation is 2. The number of hydrogen-bond acceptors (Lipinski definition) is 4. The highest BCUT2D eigenvalue weighted by molar-refractivity contribution is 5.74. The van der Waals surface area contributed by atoms with Gasteiger partial charge in [0.1, 0.15) is 12.1 Å². The van der Waals surface area contributed by atoms with E-state index in [2.05, 4.69) is 20.8 Å². The zero-order valence-corrected chi connectivity index (χ0v) is 14.5. The fourth-order valence-corrected chi connectivity index (χ4v) is 2.36. The summed E-state index contributed by atoms with van der Waals surface area (Å²) in [7, 11) is 1.66. The molecule has 0 aliphatic rings. The van der Waals surface area contributed by atoms with Crippen LogP contribution < -0.4 is 15.4 Å². The minimum absolute atomic E-state index is 0.0798. The number of aromatic nitrogens is 3. The summed E-state index contributed by atoms with van der Waals surface area (Å²) in [5.41, 5.74) is 1.22. The molecule has 0 fully saturated rings. The Bertz CT molecular complexity index is 639. The maximum atomic E-state index is 11.9. The van der Waals surface area contributed by atoms with Crippen molar-refractivity contribution in [2.45, 2.75) is 45.8 Å². The van der Waals surface area contributed by atoms with Crippen molar-refractivity contribution in [3.05, 3.63) is 42.0 Å². The van der Waals surface area contributed by atoms with Gasteiger partial charge in [0.05, 0.1) is 13.7 Å². The van der Waals surface area contributed by atoms with Gasteiger partial charge in [-0.25, -0.2) is 4.79 Å². The SMILES string of the molecule is CCn1cnnc1CNC(=O)N[C@@H](C)CCc1ccc(OC)cc1. The average Bonchev–Trinajstić information content (AvgIpc) is 3.06. The first kappa shape index (κ1) is 17.8. The molecule has 0 aliphatic heterocycles. The summed E-state index contributed by atoms with van der Waals surface area (Å²) < 4.78 is 7.04. The Morgan fingerprint density at radius 3 is 2.75 bits per heavy atom. The summed E-state index contributed by atoms with van der Waals surface area (Å²) in [6.45, 7) is 5.15. The number of nitrogens with zero attached hydrogens (tertiary/aromatic N) is 3. The number of nitrogens with one attached hydrogen (secondary N) is 2. The molecule has 2 amide bonds. The molecule has 1 heterocycles. The maximum absolute atomic E-state index is 11.9. The summed E-state index contributed by atoms with van der Waals surface area (Å²) in [4.78, 5) is 11.9. The highest BCUT2D eigenvalue weighted by atomic mass is 16.5. The number of methoxy groups -OCH3 is 1. The number of rotatable bonds is 8. The zero-order valence-electron chi connectivity index (χ0n) is 14.5. The van der Waals surface area contributed by atoms with Crippen LogP contribution in [-0.2, 0) is 19.5 Å². The van der Waals surface area contributed by atoms with Crippen LogP contribution in [0.4, 0.5) is 4.79 Å². The Hall–Kier alpha value is -2.57. The third-order valence-corrected chi connectivity index (χ3v) is 3.85. The van der Waals surface area contributed by atoms with Crippen LogP contribution in [0.3, 0.4) is 0 Å². The molecule has 1 atom stereocenters. The lowest BCUT2D eigenvalue weighted by atomic mass is 10.1. The van der Waals surface area contributed by atoms with E-state index < -0.39 is 0 Å². The van der Waals surface area contributed by atoms with E-state index in [1.54, 1.807) is 13.4 Å². The van der Waals surface area contributed by atoms with Crippen molar-refractivity contribution >= 4 is 6.03 Å². The summed E-state index contributed by atoms with van der Waals surface area (Å²) in [6.07, 6.45) is 3.42. The second-order valence-electron chi connectivity index (χ2n) is 5.65. The van der Waals surface area contributed by atoms with Crippen LogP contribution in [0.25, 0.3) is 0 Å². The Morgan fingerprint density at radius 1 is 1.33 bits per heavy atom. The molecule has 130 valence electrons. The van der Waals surface area contributed by atoms with Crippen LogP contribution in [0.1, 0.15) is 31.7 Å². The summed E-state index contributed by atoms with van der Waals surface area (Å²) >= 11 is 0. The fourth-order valence-electron chi connectivity index (χ4n) is 2.36. The van der Waals surface area contributed by atoms with Crippen molar-refractivity contribution in [3.63, 3.8) is 0 Å². The van der Waals surface area contributed by atoms with Crippen molar-refractivity contribution < 1.29 is 9.53 Å². The summed E-state index contributed by atoms with van der Waals surface area (Å²) in [5.74, 6) is 1.60. The second-order valence-corrected chi connectivity index (χ2v) is 5.65. The first-order valence-electron chi connectivity index (χ1n) is 8.16. The van der Waals surface area contributed by atoms with Crippen LogP contribution in [0, 0.1) is 0 Å². The lowest BCUT2D eigenvalue weighted by molar-refractivity contribution is 0.236. The molecule has 24 heavy (non-hydrogen) atoms. The molecule has 0 spiro atoms. The van der Waals surface area contributed by atoms with Gasteiger partial charge in [0.15, 0.2) is 5.82 Å². The van der Waals surface area contributed by atoms with E-state index in [1.165, 1.54) is 5.56 Å². The van der Waals surface area contributed by atoms with E-state index in [0.29, 0.717) is 6.54 Å². The molecule has 7 nitrogen and oxygen atoms in total. The maximum Gasteiger partial charge on any atom is 0.315 e. The molecule has 0 aliphatic carbocycles. The monoisotopic (exact) mass is 331 g/mol. The van der Waals surface area contributed by atoms with Crippen LogP contribution in [-0.4, -0.2) is 33.9 Å². The van der Waals surface area contributed by atoms with Crippen molar-refractivity contribution in [1.29, 1.82) is 0 Å². The Balaban J connectivity index is 1.71. The number of hydrogen-bond donors (Lipinski definition) is 2. The molecule has 0 unspecified atom stereocenters. The van der Waals surface area contributed by atoms with E-state index in [1.807, 2.05) is 42.7 Å². The van der Waals surface area contributed by atoms with Gasteiger partial charge in [-0.15, -0.1) is 10.2 Å². The highest BCUT2D eigenvalue weighted by Crippen LogP contribution is 2.13. The first-order valence-corrected chi connectivity index (χ1v) is 8.16.